The molecule has 0 radical (unpaired) electrons. The molecular formula is C18H28O3. The molecule has 0 saturated carbocycles. The first-order valence-corrected chi connectivity index (χ1v) is 7.34. The number of rotatable bonds is 5. The Morgan fingerprint density at radius 2 is 1.76 bits per heavy atom. The standard InChI is InChI=1S/C18H28O3/c1-12(19)15-9-14(8-13(10-21-7)16(15)20)18(5,6)11-17(2,3)4/h8-9,20H,10-11H2,1-7H3. The van der Waals surface area contributed by atoms with E-state index in [0.717, 1.165) is 12.0 Å². The zero-order valence-corrected chi connectivity index (χ0v) is 14.3. The Kier molecular flexibility index (Phi) is 5.21. The molecule has 3 heteroatoms. The van der Waals surface area contributed by atoms with E-state index in [-0.39, 0.29) is 22.4 Å². The third-order valence-corrected chi connectivity index (χ3v) is 3.62. The van der Waals surface area contributed by atoms with E-state index in [1.807, 2.05) is 12.1 Å². The molecule has 0 aliphatic rings. The SMILES string of the molecule is COCc1cc(C(C)(C)CC(C)(C)C)cc(C(C)=O)c1O. The average molecular weight is 292 g/mol. The van der Waals surface area contributed by atoms with Crippen molar-refractivity contribution in [1.82, 2.24) is 0 Å². The lowest BCUT2D eigenvalue weighted by atomic mass is 9.71. The van der Waals surface area contributed by atoms with Gasteiger partial charge in [-0.3, -0.25) is 4.79 Å². The molecule has 0 spiro atoms. The highest BCUT2D eigenvalue weighted by molar-refractivity contribution is 5.97. The van der Waals surface area contributed by atoms with Gasteiger partial charge in [0, 0.05) is 12.7 Å². The summed E-state index contributed by atoms with van der Waals surface area (Å²) in [7, 11) is 1.58. The third-order valence-electron chi connectivity index (χ3n) is 3.62. The van der Waals surface area contributed by atoms with Crippen LogP contribution in [-0.4, -0.2) is 18.0 Å². The Morgan fingerprint density at radius 3 is 2.19 bits per heavy atom. The van der Waals surface area contributed by atoms with Crippen LogP contribution in [0.4, 0.5) is 0 Å². The molecule has 21 heavy (non-hydrogen) atoms. The number of hydrogen-bond donors (Lipinski definition) is 1. The number of phenolic OH excluding ortho intramolecular Hbond substituents is 1. The summed E-state index contributed by atoms with van der Waals surface area (Å²) in [6, 6.07) is 3.78. The topological polar surface area (TPSA) is 46.5 Å². The zero-order chi connectivity index (χ0) is 16.4. The highest BCUT2D eigenvalue weighted by Crippen LogP contribution is 2.39. The Balaban J connectivity index is 3.39. The van der Waals surface area contributed by atoms with Gasteiger partial charge in [0.25, 0.3) is 0 Å². The lowest BCUT2D eigenvalue weighted by Crippen LogP contribution is -2.25. The van der Waals surface area contributed by atoms with Crippen LogP contribution in [0.25, 0.3) is 0 Å². The van der Waals surface area contributed by atoms with Crippen molar-refractivity contribution in [3.8, 4) is 5.75 Å². The van der Waals surface area contributed by atoms with Crippen molar-refractivity contribution < 1.29 is 14.6 Å². The highest BCUT2D eigenvalue weighted by atomic mass is 16.5. The van der Waals surface area contributed by atoms with Crippen LogP contribution < -0.4 is 0 Å². The van der Waals surface area contributed by atoms with Gasteiger partial charge in [0.15, 0.2) is 5.78 Å². The van der Waals surface area contributed by atoms with Crippen molar-refractivity contribution in [2.24, 2.45) is 5.41 Å². The average Bonchev–Trinajstić information content (AvgIpc) is 2.28. The number of hydrogen-bond acceptors (Lipinski definition) is 3. The van der Waals surface area contributed by atoms with Crippen molar-refractivity contribution in [1.29, 1.82) is 0 Å². The van der Waals surface area contributed by atoms with Gasteiger partial charge >= 0.3 is 0 Å². The number of aromatic hydroxyl groups is 1. The fraction of sp³-hybridized carbons (Fsp3) is 0.611. The largest absolute Gasteiger partial charge is 0.507 e. The van der Waals surface area contributed by atoms with Gasteiger partial charge in [-0.1, -0.05) is 34.6 Å². The zero-order valence-electron chi connectivity index (χ0n) is 14.3. The van der Waals surface area contributed by atoms with E-state index in [1.165, 1.54) is 6.92 Å². The van der Waals surface area contributed by atoms with Crippen molar-refractivity contribution in [2.45, 2.75) is 60.0 Å². The van der Waals surface area contributed by atoms with E-state index in [0.29, 0.717) is 17.7 Å². The molecule has 118 valence electrons. The molecule has 0 saturated heterocycles. The summed E-state index contributed by atoms with van der Waals surface area (Å²) in [5, 5.41) is 10.2. The van der Waals surface area contributed by atoms with Gasteiger partial charge in [-0.2, -0.15) is 0 Å². The fourth-order valence-corrected chi connectivity index (χ4v) is 3.05. The van der Waals surface area contributed by atoms with E-state index in [4.69, 9.17) is 4.74 Å². The Hall–Kier alpha value is -1.35. The second-order valence-electron chi connectivity index (χ2n) is 7.64. The minimum atomic E-state index is -0.127. The number of carbonyl (C=O) groups excluding carboxylic acids is 1. The van der Waals surface area contributed by atoms with Crippen molar-refractivity contribution >= 4 is 5.78 Å². The quantitative estimate of drug-likeness (QED) is 0.815. The molecule has 0 amide bonds. The summed E-state index contributed by atoms with van der Waals surface area (Å²) in [6.07, 6.45) is 0.981. The number of benzene rings is 1. The van der Waals surface area contributed by atoms with E-state index in [1.54, 1.807) is 7.11 Å². The minimum Gasteiger partial charge on any atom is -0.507 e. The molecule has 0 heterocycles. The lowest BCUT2D eigenvalue weighted by molar-refractivity contribution is 0.101. The van der Waals surface area contributed by atoms with Crippen molar-refractivity contribution in [3.63, 3.8) is 0 Å². The number of ether oxygens (including phenoxy) is 1. The van der Waals surface area contributed by atoms with Crippen LogP contribution in [0.2, 0.25) is 0 Å². The van der Waals surface area contributed by atoms with Crippen LogP contribution in [-0.2, 0) is 16.8 Å². The molecule has 0 unspecified atom stereocenters. The molecule has 0 aliphatic heterocycles. The van der Waals surface area contributed by atoms with Crippen LogP contribution in [0, 0.1) is 5.41 Å². The van der Waals surface area contributed by atoms with E-state index in [2.05, 4.69) is 34.6 Å². The molecule has 0 fully saturated rings. The van der Waals surface area contributed by atoms with Gasteiger partial charge in [-0.25, -0.2) is 0 Å². The maximum absolute atomic E-state index is 11.8. The van der Waals surface area contributed by atoms with Gasteiger partial charge in [0.2, 0.25) is 0 Å². The van der Waals surface area contributed by atoms with E-state index in [9.17, 15) is 9.90 Å². The van der Waals surface area contributed by atoms with Crippen LogP contribution in [0.5, 0.6) is 5.75 Å². The summed E-state index contributed by atoms with van der Waals surface area (Å²) in [5.41, 5.74) is 2.20. The molecule has 1 rings (SSSR count). The van der Waals surface area contributed by atoms with E-state index >= 15 is 0 Å². The number of methoxy groups -OCH3 is 1. The molecule has 0 atom stereocenters. The monoisotopic (exact) mass is 292 g/mol. The van der Waals surface area contributed by atoms with Crippen LogP contribution in [0.15, 0.2) is 12.1 Å². The second-order valence-corrected chi connectivity index (χ2v) is 7.64. The molecule has 0 aromatic heterocycles. The number of phenols is 1. The van der Waals surface area contributed by atoms with Crippen LogP contribution in [0.3, 0.4) is 0 Å². The number of ketones is 1. The predicted octanol–water partition coefficient (Wildman–Crippen LogP) is 4.46. The van der Waals surface area contributed by atoms with Gasteiger partial charge in [-0.05, 0) is 41.9 Å². The predicted molar refractivity (Wildman–Crippen MR) is 85.9 cm³/mol. The van der Waals surface area contributed by atoms with Crippen LogP contribution >= 0.6 is 0 Å². The van der Waals surface area contributed by atoms with E-state index < -0.39 is 0 Å². The second kappa shape index (κ2) is 6.18. The summed E-state index contributed by atoms with van der Waals surface area (Å²) >= 11 is 0. The lowest BCUT2D eigenvalue weighted by Gasteiger charge is -2.33. The molecule has 0 bridgehead atoms. The molecule has 0 aliphatic carbocycles. The minimum absolute atomic E-state index is 0.0414. The van der Waals surface area contributed by atoms with Gasteiger partial charge < -0.3 is 9.84 Å². The summed E-state index contributed by atoms with van der Waals surface area (Å²) < 4.78 is 5.14. The normalized spacial score (nSPS) is 12.5. The first-order valence-electron chi connectivity index (χ1n) is 7.34. The summed E-state index contributed by atoms with van der Waals surface area (Å²) in [5.74, 6) is -0.0853. The fourth-order valence-electron chi connectivity index (χ4n) is 3.05. The molecule has 1 aromatic rings. The smallest absolute Gasteiger partial charge is 0.163 e. The molecule has 1 N–H and O–H groups in total. The highest BCUT2D eigenvalue weighted by Gasteiger charge is 2.29. The van der Waals surface area contributed by atoms with Crippen molar-refractivity contribution in [3.05, 3.63) is 28.8 Å². The van der Waals surface area contributed by atoms with Crippen molar-refractivity contribution in [2.75, 3.05) is 7.11 Å². The molecular weight excluding hydrogens is 264 g/mol. The van der Waals surface area contributed by atoms with Crippen LogP contribution in [0.1, 0.15) is 69.4 Å². The van der Waals surface area contributed by atoms with Gasteiger partial charge in [0.1, 0.15) is 5.75 Å². The number of carbonyl (C=O) groups is 1. The molecule has 3 nitrogen and oxygen atoms in total. The Bertz CT molecular complexity index is 522. The Morgan fingerprint density at radius 1 is 1.19 bits per heavy atom. The molecule has 1 aromatic carbocycles. The number of Topliss-reactive ketones (excluding diaryl/α,β-unsaturated/α-hetero) is 1. The third kappa shape index (κ3) is 4.57. The maximum atomic E-state index is 11.8. The van der Waals surface area contributed by atoms with Gasteiger partial charge in [0.05, 0.1) is 12.2 Å². The Labute approximate surface area is 128 Å². The summed E-state index contributed by atoms with van der Waals surface area (Å²) in [6.45, 7) is 12.7. The first kappa shape index (κ1) is 17.7. The van der Waals surface area contributed by atoms with Gasteiger partial charge in [-0.15, -0.1) is 0 Å². The first-order chi connectivity index (χ1) is 9.48. The summed E-state index contributed by atoms with van der Waals surface area (Å²) in [4.78, 5) is 11.8. The maximum Gasteiger partial charge on any atom is 0.163 e.